The summed E-state index contributed by atoms with van der Waals surface area (Å²) in [5, 5.41) is 13.0. The first kappa shape index (κ1) is 19.5. The lowest BCUT2D eigenvalue weighted by Crippen LogP contribution is -2.27. The summed E-state index contributed by atoms with van der Waals surface area (Å²) in [7, 11) is 1.61. The fourth-order valence-electron chi connectivity index (χ4n) is 3.31. The molecule has 2 aromatic rings. The molecule has 1 aliphatic carbocycles. The number of nitrogens with zero attached hydrogens (tertiary/aromatic N) is 5. The minimum absolute atomic E-state index is 0.0474. The number of nitrogens with two attached hydrogens (primary N) is 1. The summed E-state index contributed by atoms with van der Waals surface area (Å²) < 4.78 is 6.60. The molecule has 0 aliphatic heterocycles. The third-order valence-electron chi connectivity index (χ3n) is 4.67. The van der Waals surface area contributed by atoms with Gasteiger partial charge in [0, 0.05) is 37.1 Å². The molecule has 3 rings (SSSR count). The van der Waals surface area contributed by atoms with E-state index < -0.39 is 0 Å². The fraction of sp³-hybridized carbons (Fsp3) is 0.421. The predicted octanol–water partition coefficient (Wildman–Crippen LogP) is 1.71. The summed E-state index contributed by atoms with van der Waals surface area (Å²) in [6, 6.07) is 3.57. The zero-order chi connectivity index (χ0) is 19.9. The Bertz CT molecular complexity index is 998. The van der Waals surface area contributed by atoms with Gasteiger partial charge in [-0.2, -0.15) is 10.2 Å². The van der Waals surface area contributed by atoms with Gasteiger partial charge in [-0.25, -0.2) is 4.98 Å². The van der Waals surface area contributed by atoms with Gasteiger partial charge in [0.25, 0.3) is 5.56 Å². The van der Waals surface area contributed by atoms with Crippen LogP contribution in [0.2, 0.25) is 0 Å². The monoisotopic (exact) mass is 381 g/mol. The van der Waals surface area contributed by atoms with Crippen LogP contribution in [0.3, 0.4) is 0 Å². The molecule has 3 N–H and O–H groups in total. The smallest absolute Gasteiger partial charge is 0.270 e. The highest BCUT2D eigenvalue weighted by Crippen LogP contribution is 2.30. The molecule has 0 radical (unpaired) electrons. The van der Waals surface area contributed by atoms with Crippen LogP contribution < -0.4 is 16.6 Å². The van der Waals surface area contributed by atoms with Crippen molar-refractivity contribution in [2.24, 2.45) is 10.7 Å². The number of methoxy groups -OCH3 is 1. The van der Waals surface area contributed by atoms with Crippen LogP contribution in [0.4, 0.5) is 5.95 Å². The Kier molecular flexibility index (Phi) is 6.34. The molecule has 0 amide bonds. The molecule has 9 nitrogen and oxygen atoms in total. The Morgan fingerprint density at radius 1 is 1.54 bits per heavy atom. The molecule has 0 bridgehead atoms. The number of ether oxygens (including phenoxy) is 1. The highest BCUT2D eigenvalue weighted by Gasteiger charge is 2.22. The number of hydrogen-bond donors (Lipinski definition) is 2. The van der Waals surface area contributed by atoms with Crippen molar-refractivity contribution in [2.45, 2.75) is 31.7 Å². The predicted molar refractivity (Wildman–Crippen MR) is 107 cm³/mol. The highest BCUT2D eigenvalue weighted by molar-refractivity contribution is 5.83. The minimum atomic E-state index is -0.303. The number of aliphatic imine (C=N–C) groups is 1. The van der Waals surface area contributed by atoms with Gasteiger partial charge in [-0.3, -0.25) is 14.4 Å². The van der Waals surface area contributed by atoms with Crippen molar-refractivity contribution in [2.75, 3.05) is 25.6 Å². The first-order chi connectivity index (χ1) is 13.7. The van der Waals surface area contributed by atoms with E-state index >= 15 is 0 Å². The molecule has 0 spiro atoms. The van der Waals surface area contributed by atoms with E-state index in [0.29, 0.717) is 35.8 Å². The van der Waals surface area contributed by atoms with Gasteiger partial charge < -0.3 is 15.8 Å². The van der Waals surface area contributed by atoms with Crippen molar-refractivity contribution in [3.05, 3.63) is 40.1 Å². The van der Waals surface area contributed by atoms with Crippen molar-refractivity contribution < 1.29 is 4.74 Å². The van der Waals surface area contributed by atoms with E-state index in [1.54, 1.807) is 30.2 Å². The summed E-state index contributed by atoms with van der Waals surface area (Å²) in [6.07, 6.45) is 8.47. The number of anilines is 1. The first-order valence-corrected chi connectivity index (χ1v) is 9.18. The van der Waals surface area contributed by atoms with Crippen LogP contribution in [0, 0.1) is 11.3 Å². The second-order valence-corrected chi connectivity index (χ2v) is 6.53. The van der Waals surface area contributed by atoms with Gasteiger partial charge in [0.05, 0.1) is 18.8 Å². The molecule has 2 aromatic heterocycles. The lowest BCUT2D eigenvalue weighted by atomic mass is 10.2. The third kappa shape index (κ3) is 4.18. The first-order valence-electron chi connectivity index (χ1n) is 9.18. The molecular weight excluding hydrogens is 358 g/mol. The van der Waals surface area contributed by atoms with Crippen molar-refractivity contribution in [3.63, 3.8) is 0 Å². The van der Waals surface area contributed by atoms with Crippen LogP contribution in [0.1, 0.15) is 37.3 Å². The maximum atomic E-state index is 12.8. The number of allylic oxidation sites excluding steroid dienone is 1. The Hall–Kier alpha value is -3.25. The third-order valence-corrected chi connectivity index (χ3v) is 4.67. The number of aromatic nitrogens is 3. The van der Waals surface area contributed by atoms with E-state index in [2.05, 4.69) is 20.3 Å². The van der Waals surface area contributed by atoms with Crippen LogP contribution in [0.5, 0.6) is 0 Å². The highest BCUT2D eigenvalue weighted by atomic mass is 16.5. The molecule has 0 aromatic carbocycles. The van der Waals surface area contributed by atoms with E-state index in [0.717, 1.165) is 25.7 Å². The van der Waals surface area contributed by atoms with Gasteiger partial charge in [0.15, 0.2) is 0 Å². The molecule has 1 aliphatic rings. The second kappa shape index (κ2) is 9.10. The lowest BCUT2D eigenvalue weighted by Gasteiger charge is -2.17. The molecule has 9 heteroatoms. The zero-order valence-corrected chi connectivity index (χ0v) is 15.8. The van der Waals surface area contributed by atoms with Crippen molar-refractivity contribution in [1.29, 1.82) is 5.26 Å². The van der Waals surface area contributed by atoms with Crippen LogP contribution in [-0.2, 0) is 4.74 Å². The molecule has 146 valence electrons. The number of rotatable bonds is 7. The normalized spacial score (nSPS) is 15.4. The topological polar surface area (TPSA) is 131 Å². The largest absolute Gasteiger partial charge is 0.403 e. The number of hydrogen-bond acceptors (Lipinski definition) is 8. The van der Waals surface area contributed by atoms with Gasteiger partial charge in [0.2, 0.25) is 5.95 Å². The molecule has 0 saturated heterocycles. The average Bonchev–Trinajstić information content (AvgIpc) is 3.24. The molecule has 0 atom stereocenters. The van der Waals surface area contributed by atoms with E-state index in [4.69, 9.17) is 10.5 Å². The van der Waals surface area contributed by atoms with Crippen molar-refractivity contribution >= 4 is 23.2 Å². The minimum Gasteiger partial charge on any atom is -0.403 e. The standard InChI is InChI=1S/C19H23N7O2/c1-28-7-6-22-12-15(10-21)24-19-23-11-14-8-13(9-20)18(27)26(17(14)25-19)16-4-2-3-5-16/h8,10-12,16H,2-7,21H2,1H3,(H,23,24,25)/b15-10+,22-12?. The fourth-order valence-corrected chi connectivity index (χ4v) is 3.31. The van der Waals surface area contributed by atoms with Gasteiger partial charge in [0.1, 0.15) is 17.3 Å². The number of nitrogens with one attached hydrogen (secondary N) is 1. The van der Waals surface area contributed by atoms with Crippen molar-refractivity contribution in [3.8, 4) is 6.07 Å². The maximum absolute atomic E-state index is 12.8. The van der Waals surface area contributed by atoms with Crippen LogP contribution in [0.25, 0.3) is 11.0 Å². The van der Waals surface area contributed by atoms with Crippen LogP contribution >= 0.6 is 0 Å². The van der Waals surface area contributed by atoms with E-state index in [9.17, 15) is 10.1 Å². The summed E-state index contributed by atoms with van der Waals surface area (Å²) in [5.74, 6) is 0.304. The lowest BCUT2D eigenvalue weighted by molar-refractivity contribution is 0.208. The van der Waals surface area contributed by atoms with Gasteiger partial charge in [-0.05, 0) is 18.9 Å². The van der Waals surface area contributed by atoms with Gasteiger partial charge in [-0.15, -0.1) is 0 Å². The SMILES string of the molecule is COCCN=C/C(=C\N)Nc1ncc2cc(C#N)c(=O)n(C3CCCC3)c2n1. The maximum Gasteiger partial charge on any atom is 0.270 e. The van der Waals surface area contributed by atoms with Crippen LogP contribution in [0.15, 0.2) is 33.9 Å². The zero-order valence-electron chi connectivity index (χ0n) is 15.8. The Morgan fingerprint density at radius 3 is 3.00 bits per heavy atom. The van der Waals surface area contributed by atoms with Crippen molar-refractivity contribution in [1.82, 2.24) is 14.5 Å². The quantitative estimate of drug-likeness (QED) is 0.551. The van der Waals surface area contributed by atoms with Gasteiger partial charge >= 0.3 is 0 Å². The van der Waals surface area contributed by atoms with E-state index in [-0.39, 0.29) is 17.2 Å². The number of pyridine rings is 1. The Labute approximate surface area is 162 Å². The number of fused-ring (bicyclic) bond motifs is 1. The molecular formula is C19H23N7O2. The number of nitriles is 1. The molecule has 1 fully saturated rings. The molecule has 2 heterocycles. The van der Waals surface area contributed by atoms with E-state index in [1.165, 1.54) is 6.20 Å². The van der Waals surface area contributed by atoms with E-state index in [1.807, 2.05) is 6.07 Å². The Balaban J connectivity index is 1.98. The average molecular weight is 381 g/mol. The Morgan fingerprint density at radius 2 is 2.32 bits per heavy atom. The van der Waals surface area contributed by atoms with Crippen LogP contribution in [-0.4, -0.2) is 41.0 Å². The summed E-state index contributed by atoms with van der Waals surface area (Å²) in [4.78, 5) is 25.8. The van der Waals surface area contributed by atoms with Gasteiger partial charge in [-0.1, -0.05) is 12.8 Å². The summed E-state index contributed by atoms with van der Waals surface area (Å²) in [5.41, 5.74) is 6.49. The molecule has 1 saturated carbocycles. The molecule has 0 unspecified atom stereocenters. The summed E-state index contributed by atoms with van der Waals surface area (Å²) in [6.45, 7) is 1.02. The summed E-state index contributed by atoms with van der Waals surface area (Å²) >= 11 is 0. The second-order valence-electron chi connectivity index (χ2n) is 6.53. The molecule has 28 heavy (non-hydrogen) atoms.